The number of aryl methyl sites for hydroxylation is 1. The van der Waals surface area contributed by atoms with Crippen molar-refractivity contribution in [1.29, 1.82) is 0 Å². The van der Waals surface area contributed by atoms with Crippen molar-refractivity contribution in [2.45, 2.75) is 19.8 Å². The normalized spacial score (nSPS) is 19.2. The Morgan fingerprint density at radius 1 is 1.11 bits per heavy atom. The van der Waals surface area contributed by atoms with Crippen LogP contribution in [-0.2, 0) is 20.9 Å². The molecule has 1 aromatic carbocycles. The molecule has 1 N–H and O–H groups in total. The Hall–Kier alpha value is -3.33. The highest BCUT2D eigenvalue weighted by molar-refractivity contribution is 6.35. The second kappa shape index (κ2) is 7.01. The summed E-state index contributed by atoms with van der Waals surface area (Å²) in [5, 5.41) is 1.22. The summed E-state index contributed by atoms with van der Waals surface area (Å²) in [6.45, 7) is 3.08. The van der Waals surface area contributed by atoms with Gasteiger partial charge in [0.1, 0.15) is 5.76 Å². The largest absolute Gasteiger partial charge is 0.463 e. The van der Waals surface area contributed by atoms with Crippen LogP contribution in [0.1, 0.15) is 21.9 Å². The summed E-state index contributed by atoms with van der Waals surface area (Å²) in [7, 11) is 1.26. The van der Waals surface area contributed by atoms with Gasteiger partial charge in [0.15, 0.2) is 6.29 Å². The second-order valence-corrected chi connectivity index (χ2v) is 6.68. The Kier molecular flexibility index (Phi) is 4.52. The first-order valence-corrected chi connectivity index (χ1v) is 8.87. The first-order valence-electron chi connectivity index (χ1n) is 8.87. The van der Waals surface area contributed by atoms with Gasteiger partial charge in [0.2, 0.25) is 5.76 Å². The minimum atomic E-state index is -0.668. The zero-order valence-corrected chi connectivity index (χ0v) is 15.5. The lowest BCUT2D eigenvalue weighted by molar-refractivity contribution is -0.163. The van der Waals surface area contributed by atoms with Gasteiger partial charge in [-0.2, -0.15) is 5.43 Å². The Morgan fingerprint density at radius 3 is 2.54 bits per heavy atom. The van der Waals surface area contributed by atoms with Gasteiger partial charge in [-0.1, -0.05) is 17.7 Å². The smallest absolute Gasteiger partial charge is 0.373 e. The van der Waals surface area contributed by atoms with E-state index in [0.29, 0.717) is 18.8 Å². The van der Waals surface area contributed by atoms with Crippen molar-refractivity contribution in [3.05, 3.63) is 53.5 Å². The lowest BCUT2D eigenvalue weighted by Gasteiger charge is -2.40. The lowest BCUT2D eigenvalue weighted by Crippen LogP contribution is -2.67. The summed E-state index contributed by atoms with van der Waals surface area (Å²) in [5.74, 6) is -1.44. The molecule has 2 amide bonds. The molecule has 9 nitrogen and oxygen atoms in total. The van der Waals surface area contributed by atoms with E-state index in [-0.39, 0.29) is 12.3 Å². The van der Waals surface area contributed by atoms with Crippen molar-refractivity contribution in [1.82, 2.24) is 15.3 Å². The molecular weight excluding hydrogens is 364 g/mol. The topological polar surface area (TPSA) is 95.3 Å². The molecule has 146 valence electrons. The van der Waals surface area contributed by atoms with Crippen LogP contribution in [0.25, 0.3) is 0 Å². The number of furan rings is 1. The molecule has 28 heavy (non-hydrogen) atoms. The van der Waals surface area contributed by atoms with Gasteiger partial charge >= 0.3 is 17.8 Å². The first kappa shape index (κ1) is 18.1. The van der Waals surface area contributed by atoms with E-state index in [1.165, 1.54) is 23.1 Å². The number of hydrogen-bond acceptors (Lipinski definition) is 7. The van der Waals surface area contributed by atoms with Crippen LogP contribution in [0.5, 0.6) is 0 Å². The maximum absolute atomic E-state index is 12.6. The molecule has 0 radical (unpaired) electrons. The molecule has 2 fully saturated rings. The van der Waals surface area contributed by atoms with E-state index in [4.69, 9.17) is 4.42 Å². The SMILES string of the molecule is COC(=O)c1ccc(CN2NC3N(CCN3c3ccc(C)cc3)C(=O)C2=O)o1. The van der Waals surface area contributed by atoms with E-state index in [1.807, 2.05) is 36.1 Å². The number of esters is 1. The van der Waals surface area contributed by atoms with Gasteiger partial charge in [-0.15, -0.1) is 0 Å². The van der Waals surface area contributed by atoms with Gasteiger partial charge in [0.05, 0.1) is 13.7 Å². The summed E-state index contributed by atoms with van der Waals surface area (Å²) in [4.78, 5) is 40.1. The Morgan fingerprint density at radius 2 is 1.82 bits per heavy atom. The lowest BCUT2D eigenvalue weighted by atomic mass is 10.2. The molecule has 0 saturated carbocycles. The van der Waals surface area contributed by atoms with E-state index in [9.17, 15) is 14.4 Å². The number of ether oxygens (including phenoxy) is 1. The fourth-order valence-corrected chi connectivity index (χ4v) is 3.37. The summed E-state index contributed by atoms with van der Waals surface area (Å²) in [6.07, 6.45) is -0.469. The van der Waals surface area contributed by atoms with Crippen LogP contribution >= 0.6 is 0 Å². The Labute approximate surface area is 161 Å². The average molecular weight is 384 g/mol. The summed E-state index contributed by atoms with van der Waals surface area (Å²) in [5.41, 5.74) is 5.20. The molecule has 0 bridgehead atoms. The van der Waals surface area contributed by atoms with Gasteiger partial charge in [0, 0.05) is 18.8 Å². The number of carbonyl (C=O) groups is 3. The molecule has 1 atom stereocenters. The van der Waals surface area contributed by atoms with Gasteiger partial charge in [-0.25, -0.2) is 4.79 Å². The third-order valence-corrected chi connectivity index (χ3v) is 4.86. The molecule has 1 aromatic heterocycles. The standard InChI is InChI=1S/C19H20N4O5/c1-12-3-5-13(6-4-12)21-9-10-22-16(24)17(25)23(20-19(21)22)11-14-7-8-15(28-14)18(26)27-2/h3-8,19-20H,9-11H2,1-2H3. The van der Waals surface area contributed by atoms with Gasteiger partial charge < -0.3 is 14.1 Å². The fourth-order valence-electron chi connectivity index (χ4n) is 3.37. The molecule has 2 aromatic rings. The predicted octanol–water partition coefficient (Wildman–Crippen LogP) is 0.854. The first-order chi connectivity index (χ1) is 13.5. The Bertz CT molecular complexity index is 923. The summed E-state index contributed by atoms with van der Waals surface area (Å²) >= 11 is 0. The average Bonchev–Trinajstić information content (AvgIpc) is 3.33. The van der Waals surface area contributed by atoms with Crippen LogP contribution < -0.4 is 10.3 Å². The van der Waals surface area contributed by atoms with Crippen molar-refractivity contribution < 1.29 is 23.5 Å². The van der Waals surface area contributed by atoms with Gasteiger partial charge in [-0.05, 0) is 31.2 Å². The number of amides is 2. The van der Waals surface area contributed by atoms with Crippen molar-refractivity contribution >= 4 is 23.5 Å². The summed E-state index contributed by atoms with van der Waals surface area (Å²) in [6, 6.07) is 11.0. The molecular formula is C19H20N4O5. The molecule has 0 spiro atoms. The zero-order chi connectivity index (χ0) is 19.8. The van der Waals surface area contributed by atoms with Gasteiger partial charge in [0.25, 0.3) is 0 Å². The summed E-state index contributed by atoms with van der Waals surface area (Å²) < 4.78 is 10.0. The van der Waals surface area contributed by atoms with Crippen molar-refractivity contribution in [2.75, 3.05) is 25.1 Å². The highest BCUT2D eigenvalue weighted by atomic mass is 16.5. The third kappa shape index (κ3) is 3.09. The van der Waals surface area contributed by atoms with E-state index < -0.39 is 24.1 Å². The minimum Gasteiger partial charge on any atom is -0.463 e. The van der Waals surface area contributed by atoms with Crippen molar-refractivity contribution in [3.63, 3.8) is 0 Å². The van der Waals surface area contributed by atoms with Crippen LogP contribution in [-0.4, -0.2) is 54.2 Å². The maximum Gasteiger partial charge on any atom is 0.373 e. The second-order valence-electron chi connectivity index (χ2n) is 6.68. The number of nitrogens with zero attached hydrogens (tertiary/aromatic N) is 3. The zero-order valence-electron chi connectivity index (χ0n) is 15.5. The number of nitrogens with one attached hydrogen (secondary N) is 1. The number of fused-ring (bicyclic) bond motifs is 1. The van der Waals surface area contributed by atoms with E-state index in [0.717, 1.165) is 11.3 Å². The molecule has 1 unspecified atom stereocenters. The van der Waals surface area contributed by atoms with Crippen LogP contribution in [0.4, 0.5) is 5.69 Å². The molecule has 3 heterocycles. The molecule has 9 heteroatoms. The van der Waals surface area contributed by atoms with Crippen LogP contribution in [0.15, 0.2) is 40.8 Å². The molecule has 4 rings (SSSR count). The number of anilines is 1. The third-order valence-electron chi connectivity index (χ3n) is 4.86. The number of rotatable bonds is 4. The number of benzene rings is 1. The quantitative estimate of drug-likeness (QED) is 0.617. The monoisotopic (exact) mass is 384 g/mol. The van der Waals surface area contributed by atoms with E-state index in [2.05, 4.69) is 10.2 Å². The van der Waals surface area contributed by atoms with Crippen LogP contribution in [0.3, 0.4) is 0 Å². The molecule has 0 aliphatic carbocycles. The number of carbonyl (C=O) groups excluding carboxylic acids is 3. The predicted molar refractivity (Wildman–Crippen MR) is 97.8 cm³/mol. The van der Waals surface area contributed by atoms with Crippen molar-refractivity contribution in [2.24, 2.45) is 0 Å². The molecule has 2 saturated heterocycles. The van der Waals surface area contributed by atoms with Gasteiger partial charge in [-0.3, -0.25) is 19.5 Å². The highest BCUT2D eigenvalue weighted by Gasteiger charge is 2.45. The molecule has 2 aliphatic rings. The Balaban J connectivity index is 1.54. The number of methoxy groups -OCH3 is 1. The highest BCUT2D eigenvalue weighted by Crippen LogP contribution is 2.26. The maximum atomic E-state index is 12.6. The minimum absolute atomic E-state index is 0.00758. The fraction of sp³-hybridized carbons (Fsp3) is 0.316. The molecule has 2 aliphatic heterocycles. The number of hydrazine groups is 1. The van der Waals surface area contributed by atoms with Crippen LogP contribution in [0, 0.1) is 6.92 Å². The number of hydrogen-bond donors (Lipinski definition) is 1. The van der Waals surface area contributed by atoms with E-state index >= 15 is 0 Å². The van der Waals surface area contributed by atoms with Crippen LogP contribution in [0.2, 0.25) is 0 Å². The van der Waals surface area contributed by atoms with E-state index in [1.54, 1.807) is 6.07 Å². The van der Waals surface area contributed by atoms with Crippen molar-refractivity contribution in [3.8, 4) is 0 Å².